The van der Waals surface area contributed by atoms with Crippen LogP contribution in [-0.2, 0) is 9.53 Å². The number of carbonyl (C=O) groups is 2. The lowest BCUT2D eigenvalue weighted by Crippen LogP contribution is -2.47. The summed E-state index contributed by atoms with van der Waals surface area (Å²) in [6, 6.07) is 3.14. The van der Waals surface area contributed by atoms with Crippen LogP contribution >= 0.6 is 23.2 Å². The predicted molar refractivity (Wildman–Crippen MR) is 99.0 cm³/mol. The van der Waals surface area contributed by atoms with Crippen LogP contribution in [0.3, 0.4) is 0 Å². The molecule has 0 N–H and O–H groups in total. The maximum Gasteiger partial charge on any atom is 0.253 e. The lowest BCUT2D eigenvalue weighted by Gasteiger charge is -2.35. The molecule has 0 bridgehead atoms. The van der Waals surface area contributed by atoms with Crippen molar-refractivity contribution in [1.82, 2.24) is 9.80 Å². The maximum absolute atomic E-state index is 12.7. The highest BCUT2D eigenvalue weighted by Crippen LogP contribution is 2.34. The molecule has 0 saturated carbocycles. The second kappa shape index (κ2) is 8.46. The van der Waals surface area contributed by atoms with Crippen LogP contribution in [0.4, 0.5) is 0 Å². The molecule has 0 atom stereocenters. The average molecular weight is 401 g/mol. The van der Waals surface area contributed by atoms with Gasteiger partial charge < -0.3 is 19.3 Å². The number of halogens is 2. The summed E-state index contributed by atoms with van der Waals surface area (Å²) in [4.78, 5) is 28.9. The molecule has 6 nitrogen and oxygen atoms in total. The standard InChI is InChI=1S/C18H22Cl2N2O4/c1-25-16-14(19)10-13(11-15(16)20)18(24)21-4-2-12(3-5-21)17(23)22-6-8-26-9-7-22/h10-12H,2-9H2,1H3. The monoisotopic (exact) mass is 400 g/mol. The van der Waals surface area contributed by atoms with Crippen molar-refractivity contribution in [3.63, 3.8) is 0 Å². The Morgan fingerprint density at radius 3 is 2.15 bits per heavy atom. The number of rotatable bonds is 3. The molecule has 0 radical (unpaired) electrons. The van der Waals surface area contributed by atoms with E-state index in [4.69, 9.17) is 32.7 Å². The first-order chi connectivity index (χ1) is 12.5. The van der Waals surface area contributed by atoms with Gasteiger partial charge in [0, 0.05) is 37.7 Å². The van der Waals surface area contributed by atoms with Crippen LogP contribution in [0.15, 0.2) is 12.1 Å². The lowest BCUT2D eigenvalue weighted by atomic mass is 9.94. The van der Waals surface area contributed by atoms with Gasteiger partial charge in [-0.15, -0.1) is 0 Å². The molecule has 0 aromatic heterocycles. The number of benzene rings is 1. The zero-order valence-electron chi connectivity index (χ0n) is 14.7. The third kappa shape index (κ3) is 4.08. The summed E-state index contributed by atoms with van der Waals surface area (Å²) in [5, 5.41) is 0.612. The number of hydrogen-bond acceptors (Lipinski definition) is 4. The average Bonchev–Trinajstić information content (AvgIpc) is 2.67. The van der Waals surface area contributed by atoms with Crippen LogP contribution in [0.2, 0.25) is 10.0 Å². The van der Waals surface area contributed by atoms with Gasteiger partial charge in [-0.3, -0.25) is 9.59 Å². The van der Waals surface area contributed by atoms with Gasteiger partial charge in [0.15, 0.2) is 5.75 Å². The fourth-order valence-electron chi connectivity index (χ4n) is 3.43. The van der Waals surface area contributed by atoms with Crippen molar-refractivity contribution in [1.29, 1.82) is 0 Å². The normalized spacial score (nSPS) is 18.7. The summed E-state index contributed by atoms with van der Waals surface area (Å²) in [6.07, 6.45) is 1.33. The van der Waals surface area contributed by atoms with Gasteiger partial charge in [0.2, 0.25) is 5.91 Å². The summed E-state index contributed by atoms with van der Waals surface area (Å²) in [6.45, 7) is 3.59. The quantitative estimate of drug-likeness (QED) is 0.782. The fourth-order valence-corrected chi connectivity index (χ4v) is 4.07. The predicted octanol–water partition coefficient (Wildman–Crippen LogP) is 2.71. The minimum Gasteiger partial charge on any atom is -0.494 e. The van der Waals surface area contributed by atoms with E-state index in [-0.39, 0.29) is 17.7 Å². The summed E-state index contributed by atoms with van der Waals surface area (Å²) in [5.74, 6) is 0.379. The number of morpholine rings is 1. The Morgan fingerprint density at radius 1 is 1.04 bits per heavy atom. The third-order valence-corrected chi connectivity index (χ3v) is 5.47. The van der Waals surface area contributed by atoms with Crippen LogP contribution in [-0.4, -0.2) is 68.1 Å². The molecular weight excluding hydrogens is 379 g/mol. The van der Waals surface area contributed by atoms with E-state index in [1.807, 2.05) is 4.90 Å². The first-order valence-electron chi connectivity index (χ1n) is 8.70. The van der Waals surface area contributed by atoms with Crippen molar-refractivity contribution in [2.24, 2.45) is 5.92 Å². The smallest absolute Gasteiger partial charge is 0.253 e. The van der Waals surface area contributed by atoms with Crippen molar-refractivity contribution < 1.29 is 19.1 Å². The first-order valence-corrected chi connectivity index (χ1v) is 9.45. The Morgan fingerprint density at radius 2 is 1.62 bits per heavy atom. The van der Waals surface area contributed by atoms with Gasteiger partial charge in [0.05, 0.1) is 30.4 Å². The SMILES string of the molecule is COc1c(Cl)cc(C(=O)N2CCC(C(=O)N3CCOCC3)CC2)cc1Cl. The zero-order chi connectivity index (χ0) is 18.7. The van der Waals surface area contributed by atoms with Crippen LogP contribution in [0.25, 0.3) is 0 Å². The zero-order valence-corrected chi connectivity index (χ0v) is 16.2. The van der Waals surface area contributed by atoms with Gasteiger partial charge in [-0.1, -0.05) is 23.2 Å². The summed E-state index contributed by atoms with van der Waals surface area (Å²) < 4.78 is 10.4. The molecule has 26 heavy (non-hydrogen) atoms. The molecule has 2 saturated heterocycles. The highest BCUT2D eigenvalue weighted by Gasteiger charge is 2.31. The molecule has 0 aliphatic carbocycles. The minimum atomic E-state index is -0.131. The Bertz CT molecular complexity index is 661. The summed E-state index contributed by atoms with van der Waals surface area (Å²) >= 11 is 12.3. The fraction of sp³-hybridized carbons (Fsp3) is 0.556. The van der Waals surface area contributed by atoms with Crippen LogP contribution in [0.5, 0.6) is 5.75 Å². The van der Waals surface area contributed by atoms with Crippen LogP contribution in [0, 0.1) is 5.92 Å². The summed E-state index contributed by atoms with van der Waals surface area (Å²) in [7, 11) is 1.48. The van der Waals surface area contributed by atoms with Gasteiger partial charge in [0.25, 0.3) is 5.91 Å². The first kappa shape index (κ1) is 19.3. The van der Waals surface area contributed by atoms with E-state index in [0.29, 0.717) is 73.6 Å². The molecule has 142 valence electrons. The molecule has 2 aliphatic rings. The number of piperidine rings is 1. The Balaban J connectivity index is 1.61. The molecule has 1 aromatic rings. The van der Waals surface area contributed by atoms with Crippen molar-refractivity contribution in [3.8, 4) is 5.75 Å². The number of hydrogen-bond donors (Lipinski definition) is 0. The van der Waals surface area contributed by atoms with E-state index in [1.54, 1.807) is 17.0 Å². The van der Waals surface area contributed by atoms with Crippen molar-refractivity contribution in [2.75, 3.05) is 46.5 Å². The molecule has 0 unspecified atom stereocenters. The number of ether oxygens (including phenoxy) is 2. The summed E-state index contributed by atoms with van der Waals surface area (Å²) in [5.41, 5.74) is 0.429. The highest BCUT2D eigenvalue weighted by atomic mass is 35.5. The molecule has 2 heterocycles. The largest absolute Gasteiger partial charge is 0.494 e. The number of carbonyl (C=O) groups excluding carboxylic acids is 2. The Kier molecular flexibility index (Phi) is 6.27. The Labute approximate surface area is 162 Å². The maximum atomic E-state index is 12.7. The second-order valence-electron chi connectivity index (χ2n) is 6.48. The van der Waals surface area contributed by atoms with E-state index >= 15 is 0 Å². The number of nitrogens with zero attached hydrogens (tertiary/aromatic N) is 2. The van der Waals surface area contributed by atoms with Gasteiger partial charge in [0.1, 0.15) is 0 Å². The van der Waals surface area contributed by atoms with E-state index in [0.717, 1.165) is 0 Å². The number of methoxy groups -OCH3 is 1. The van der Waals surface area contributed by atoms with E-state index in [9.17, 15) is 9.59 Å². The second-order valence-corrected chi connectivity index (χ2v) is 7.29. The topological polar surface area (TPSA) is 59.1 Å². The number of likely N-dealkylation sites (tertiary alicyclic amines) is 1. The van der Waals surface area contributed by atoms with Crippen molar-refractivity contribution in [2.45, 2.75) is 12.8 Å². The van der Waals surface area contributed by atoms with Gasteiger partial charge in [-0.05, 0) is 25.0 Å². The van der Waals surface area contributed by atoms with Gasteiger partial charge in [-0.2, -0.15) is 0 Å². The van der Waals surface area contributed by atoms with E-state index in [1.165, 1.54) is 7.11 Å². The minimum absolute atomic E-state index is 0.0276. The third-order valence-electron chi connectivity index (χ3n) is 4.90. The molecule has 3 rings (SSSR count). The van der Waals surface area contributed by atoms with Crippen LogP contribution < -0.4 is 4.74 Å². The molecule has 1 aromatic carbocycles. The van der Waals surface area contributed by atoms with E-state index in [2.05, 4.69) is 0 Å². The molecule has 0 spiro atoms. The van der Waals surface area contributed by atoms with Crippen molar-refractivity contribution in [3.05, 3.63) is 27.7 Å². The van der Waals surface area contributed by atoms with E-state index < -0.39 is 0 Å². The van der Waals surface area contributed by atoms with Gasteiger partial charge in [-0.25, -0.2) is 0 Å². The Hall–Kier alpha value is -1.50. The lowest BCUT2D eigenvalue weighted by molar-refractivity contribution is -0.141. The molecule has 2 aliphatic heterocycles. The van der Waals surface area contributed by atoms with Gasteiger partial charge >= 0.3 is 0 Å². The van der Waals surface area contributed by atoms with Crippen LogP contribution in [0.1, 0.15) is 23.2 Å². The highest BCUT2D eigenvalue weighted by molar-refractivity contribution is 6.37. The van der Waals surface area contributed by atoms with Crippen molar-refractivity contribution >= 4 is 35.0 Å². The molecule has 2 amide bonds. The molecular formula is C18H22Cl2N2O4. The number of amides is 2. The molecule has 8 heteroatoms. The molecule has 2 fully saturated rings.